The van der Waals surface area contributed by atoms with Gasteiger partial charge in [0.05, 0.1) is 0 Å². The fourth-order valence-corrected chi connectivity index (χ4v) is 3.17. The molecular formula is C14H19Cl2NO. The molecule has 2 unspecified atom stereocenters. The molecule has 1 heterocycles. The van der Waals surface area contributed by atoms with E-state index in [1.807, 2.05) is 12.1 Å². The van der Waals surface area contributed by atoms with Crippen molar-refractivity contribution in [3.05, 3.63) is 28.2 Å². The number of hydrogen-bond donors (Lipinski definition) is 0. The van der Waals surface area contributed by atoms with E-state index in [1.165, 1.54) is 19.4 Å². The van der Waals surface area contributed by atoms with Crippen LogP contribution in [-0.2, 0) is 0 Å². The molecule has 0 spiro atoms. The van der Waals surface area contributed by atoms with Crippen LogP contribution in [0.25, 0.3) is 0 Å². The lowest BCUT2D eigenvalue weighted by molar-refractivity contribution is 0.109. The first kappa shape index (κ1) is 14.0. The van der Waals surface area contributed by atoms with Crippen molar-refractivity contribution in [1.82, 2.24) is 4.90 Å². The highest BCUT2D eigenvalue weighted by Crippen LogP contribution is 2.27. The lowest BCUT2D eigenvalue weighted by Gasteiger charge is -2.29. The summed E-state index contributed by atoms with van der Waals surface area (Å²) in [7, 11) is 0. The number of ether oxygens (including phenoxy) is 1. The molecule has 2 rings (SSSR count). The standard InChI is InChI=1S/C14H19Cl2NO/c1-3-17-6-4-5-14(17)10(2)18-13-8-11(15)7-12(16)9-13/h7-10,14H,3-6H2,1-2H3. The summed E-state index contributed by atoms with van der Waals surface area (Å²) in [5.74, 6) is 0.753. The number of likely N-dealkylation sites (N-methyl/N-ethyl adjacent to an activating group) is 1. The third-order valence-corrected chi connectivity index (χ3v) is 3.96. The summed E-state index contributed by atoms with van der Waals surface area (Å²) >= 11 is 11.9. The maximum atomic E-state index is 5.98. The first-order valence-corrected chi connectivity index (χ1v) is 7.22. The smallest absolute Gasteiger partial charge is 0.122 e. The number of likely N-dealkylation sites (tertiary alicyclic amines) is 1. The molecule has 2 nitrogen and oxygen atoms in total. The van der Waals surface area contributed by atoms with E-state index in [0.29, 0.717) is 16.1 Å². The monoisotopic (exact) mass is 287 g/mol. The Labute approximate surface area is 119 Å². The van der Waals surface area contributed by atoms with E-state index < -0.39 is 0 Å². The van der Waals surface area contributed by atoms with Gasteiger partial charge in [-0.15, -0.1) is 0 Å². The van der Waals surface area contributed by atoms with Gasteiger partial charge in [0.25, 0.3) is 0 Å². The molecule has 0 aromatic heterocycles. The molecule has 0 aliphatic carbocycles. The molecule has 0 N–H and O–H groups in total. The van der Waals surface area contributed by atoms with Gasteiger partial charge in [0.2, 0.25) is 0 Å². The molecule has 2 atom stereocenters. The van der Waals surface area contributed by atoms with Gasteiger partial charge in [-0.05, 0) is 51.1 Å². The Bertz CT molecular complexity index is 391. The summed E-state index contributed by atoms with van der Waals surface area (Å²) in [6, 6.07) is 5.84. The molecule has 0 amide bonds. The average Bonchev–Trinajstić information content (AvgIpc) is 2.75. The van der Waals surface area contributed by atoms with Gasteiger partial charge in [-0.25, -0.2) is 0 Å². The van der Waals surface area contributed by atoms with Crippen LogP contribution in [0.15, 0.2) is 18.2 Å². The van der Waals surface area contributed by atoms with E-state index in [0.717, 1.165) is 12.3 Å². The van der Waals surface area contributed by atoms with Crippen LogP contribution in [0, 0.1) is 0 Å². The Balaban J connectivity index is 2.04. The molecule has 1 fully saturated rings. The van der Waals surface area contributed by atoms with Crippen molar-refractivity contribution in [3.63, 3.8) is 0 Å². The highest BCUT2D eigenvalue weighted by molar-refractivity contribution is 6.34. The fraction of sp³-hybridized carbons (Fsp3) is 0.571. The van der Waals surface area contributed by atoms with Crippen LogP contribution in [0.5, 0.6) is 5.75 Å². The van der Waals surface area contributed by atoms with Crippen molar-refractivity contribution < 1.29 is 4.74 Å². The topological polar surface area (TPSA) is 12.5 Å². The fourth-order valence-electron chi connectivity index (χ4n) is 2.67. The number of halogens is 2. The predicted molar refractivity (Wildman–Crippen MR) is 76.8 cm³/mol. The first-order chi connectivity index (χ1) is 8.60. The summed E-state index contributed by atoms with van der Waals surface area (Å²) in [4.78, 5) is 2.47. The zero-order valence-corrected chi connectivity index (χ0v) is 12.3. The zero-order valence-electron chi connectivity index (χ0n) is 10.8. The number of rotatable bonds is 4. The molecular weight excluding hydrogens is 269 g/mol. The van der Waals surface area contributed by atoms with Crippen LogP contribution in [0.4, 0.5) is 0 Å². The Kier molecular flexibility index (Phi) is 4.77. The third-order valence-electron chi connectivity index (χ3n) is 3.52. The van der Waals surface area contributed by atoms with Gasteiger partial charge in [0.1, 0.15) is 11.9 Å². The first-order valence-electron chi connectivity index (χ1n) is 6.47. The van der Waals surface area contributed by atoms with Crippen LogP contribution in [0.1, 0.15) is 26.7 Å². The molecule has 0 bridgehead atoms. The largest absolute Gasteiger partial charge is 0.489 e. The Hall–Kier alpha value is -0.440. The zero-order chi connectivity index (χ0) is 13.1. The Morgan fingerprint density at radius 3 is 2.61 bits per heavy atom. The molecule has 1 aromatic carbocycles. The summed E-state index contributed by atoms with van der Waals surface area (Å²) in [6.07, 6.45) is 2.60. The quantitative estimate of drug-likeness (QED) is 0.821. The second-order valence-corrected chi connectivity index (χ2v) is 5.64. The van der Waals surface area contributed by atoms with E-state index in [-0.39, 0.29) is 6.10 Å². The van der Waals surface area contributed by atoms with Crippen molar-refractivity contribution >= 4 is 23.2 Å². The van der Waals surface area contributed by atoms with Gasteiger partial charge in [0, 0.05) is 16.1 Å². The van der Waals surface area contributed by atoms with Gasteiger partial charge in [-0.2, -0.15) is 0 Å². The molecule has 1 aliphatic heterocycles. The van der Waals surface area contributed by atoms with Crippen molar-refractivity contribution in [2.24, 2.45) is 0 Å². The van der Waals surface area contributed by atoms with Crippen molar-refractivity contribution in [1.29, 1.82) is 0 Å². The molecule has 100 valence electrons. The van der Waals surface area contributed by atoms with Crippen LogP contribution in [0.3, 0.4) is 0 Å². The minimum absolute atomic E-state index is 0.155. The van der Waals surface area contributed by atoms with Crippen LogP contribution < -0.4 is 4.74 Å². The van der Waals surface area contributed by atoms with Gasteiger partial charge < -0.3 is 4.74 Å². The van der Waals surface area contributed by atoms with Crippen LogP contribution in [-0.4, -0.2) is 30.1 Å². The Morgan fingerprint density at radius 1 is 1.33 bits per heavy atom. The van der Waals surface area contributed by atoms with Gasteiger partial charge in [-0.1, -0.05) is 30.1 Å². The van der Waals surface area contributed by atoms with E-state index in [2.05, 4.69) is 18.7 Å². The molecule has 0 radical (unpaired) electrons. The predicted octanol–water partition coefficient (Wildman–Crippen LogP) is 4.25. The van der Waals surface area contributed by atoms with Crippen LogP contribution >= 0.6 is 23.2 Å². The molecule has 1 saturated heterocycles. The summed E-state index contributed by atoms with van der Waals surface area (Å²) < 4.78 is 5.98. The maximum Gasteiger partial charge on any atom is 0.122 e. The van der Waals surface area contributed by atoms with Crippen molar-refractivity contribution in [3.8, 4) is 5.75 Å². The number of benzene rings is 1. The maximum absolute atomic E-state index is 5.98. The lowest BCUT2D eigenvalue weighted by atomic mass is 10.1. The highest BCUT2D eigenvalue weighted by atomic mass is 35.5. The summed E-state index contributed by atoms with van der Waals surface area (Å²) in [6.45, 7) is 6.56. The molecule has 18 heavy (non-hydrogen) atoms. The summed E-state index contributed by atoms with van der Waals surface area (Å²) in [5.41, 5.74) is 0. The number of nitrogens with zero attached hydrogens (tertiary/aromatic N) is 1. The number of hydrogen-bond acceptors (Lipinski definition) is 2. The lowest BCUT2D eigenvalue weighted by Crippen LogP contribution is -2.40. The molecule has 4 heteroatoms. The van der Waals surface area contributed by atoms with Crippen LogP contribution in [0.2, 0.25) is 10.0 Å². The normalized spacial score (nSPS) is 22.1. The summed E-state index contributed by atoms with van der Waals surface area (Å²) in [5, 5.41) is 1.23. The van der Waals surface area contributed by atoms with E-state index in [9.17, 15) is 0 Å². The SMILES string of the molecule is CCN1CCCC1C(C)Oc1cc(Cl)cc(Cl)c1. The van der Waals surface area contributed by atoms with Gasteiger partial charge in [-0.3, -0.25) is 4.90 Å². The van der Waals surface area contributed by atoms with E-state index in [1.54, 1.807) is 6.07 Å². The second-order valence-electron chi connectivity index (χ2n) is 4.77. The Morgan fingerprint density at radius 2 is 2.00 bits per heavy atom. The van der Waals surface area contributed by atoms with Crippen molar-refractivity contribution in [2.75, 3.05) is 13.1 Å². The van der Waals surface area contributed by atoms with E-state index in [4.69, 9.17) is 27.9 Å². The molecule has 1 aromatic rings. The average molecular weight is 288 g/mol. The third kappa shape index (κ3) is 3.31. The van der Waals surface area contributed by atoms with Gasteiger partial charge >= 0.3 is 0 Å². The second kappa shape index (κ2) is 6.14. The van der Waals surface area contributed by atoms with E-state index >= 15 is 0 Å². The highest BCUT2D eigenvalue weighted by Gasteiger charge is 2.29. The van der Waals surface area contributed by atoms with Crippen molar-refractivity contribution in [2.45, 2.75) is 38.8 Å². The minimum atomic E-state index is 0.155. The molecule has 1 aliphatic rings. The van der Waals surface area contributed by atoms with Gasteiger partial charge in [0.15, 0.2) is 0 Å². The minimum Gasteiger partial charge on any atom is -0.489 e. The molecule has 0 saturated carbocycles.